The van der Waals surface area contributed by atoms with E-state index < -0.39 is 0 Å². The summed E-state index contributed by atoms with van der Waals surface area (Å²) in [6.45, 7) is 5.07. The summed E-state index contributed by atoms with van der Waals surface area (Å²) in [4.78, 5) is 0. The van der Waals surface area contributed by atoms with Crippen LogP contribution < -0.4 is 5.73 Å². The Morgan fingerprint density at radius 1 is 1.53 bits per heavy atom. The van der Waals surface area contributed by atoms with Crippen molar-refractivity contribution in [1.29, 1.82) is 0 Å². The third-order valence-corrected chi connectivity index (χ3v) is 4.02. The molecule has 1 aromatic heterocycles. The SMILES string of the molecule is CCOC1(C(N)c2ccoc2)CCC(C)CC1. The third-order valence-electron chi connectivity index (χ3n) is 4.02. The Morgan fingerprint density at radius 2 is 2.24 bits per heavy atom. The second-order valence-electron chi connectivity index (χ2n) is 5.21. The first-order chi connectivity index (χ1) is 8.18. The lowest BCUT2D eigenvalue weighted by Gasteiger charge is -2.43. The molecule has 2 N–H and O–H groups in total. The highest BCUT2D eigenvalue weighted by Crippen LogP contribution is 2.42. The summed E-state index contributed by atoms with van der Waals surface area (Å²) >= 11 is 0. The van der Waals surface area contributed by atoms with Gasteiger partial charge in [0.15, 0.2) is 0 Å². The van der Waals surface area contributed by atoms with Gasteiger partial charge in [-0.15, -0.1) is 0 Å². The first-order valence-electron chi connectivity index (χ1n) is 6.59. The number of hydrogen-bond donors (Lipinski definition) is 1. The highest BCUT2D eigenvalue weighted by Gasteiger charge is 2.41. The van der Waals surface area contributed by atoms with Crippen molar-refractivity contribution < 1.29 is 9.15 Å². The summed E-state index contributed by atoms with van der Waals surface area (Å²) in [5, 5.41) is 0. The van der Waals surface area contributed by atoms with Gasteiger partial charge in [-0.2, -0.15) is 0 Å². The minimum absolute atomic E-state index is 0.0753. The van der Waals surface area contributed by atoms with E-state index in [9.17, 15) is 0 Å². The van der Waals surface area contributed by atoms with E-state index in [4.69, 9.17) is 14.9 Å². The molecule has 1 unspecified atom stereocenters. The minimum Gasteiger partial charge on any atom is -0.472 e. The summed E-state index contributed by atoms with van der Waals surface area (Å²) < 4.78 is 11.2. The quantitative estimate of drug-likeness (QED) is 0.874. The Labute approximate surface area is 103 Å². The van der Waals surface area contributed by atoms with Crippen molar-refractivity contribution >= 4 is 0 Å². The third kappa shape index (κ3) is 2.55. The zero-order chi connectivity index (χ0) is 12.3. The fourth-order valence-electron chi connectivity index (χ4n) is 2.84. The molecule has 1 heterocycles. The molecular weight excluding hydrogens is 214 g/mol. The molecule has 0 aromatic carbocycles. The van der Waals surface area contributed by atoms with Crippen LogP contribution in [-0.2, 0) is 4.74 Å². The smallest absolute Gasteiger partial charge is 0.0951 e. The molecule has 1 aliphatic rings. The summed E-state index contributed by atoms with van der Waals surface area (Å²) in [6.07, 6.45) is 7.92. The molecule has 0 bridgehead atoms. The van der Waals surface area contributed by atoms with Crippen LogP contribution in [0.3, 0.4) is 0 Å². The Morgan fingerprint density at radius 3 is 2.76 bits per heavy atom. The van der Waals surface area contributed by atoms with Crippen LogP contribution >= 0.6 is 0 Å². The molecule has 0 spiro atoms. The van der Waals surface area contributed by atoms with E-state index >= 15 is 0 Å². The van der Waals surface area contributed by atoms with Crippen molar-refractivity contribution in [3.05, 3.63) is 24.2 Å². The molecule has 96 valence electrons. The van der Waals surface area contributed by atoms with E-state index in [1.807, 2.05) is 13.0 Å². The predicted octanol–water partition coefficient (Wildman–Crippen LogP) is 3.26. The van der Waals surface area contributed by atoms with E-state index in [2.05, 4.69) is 6.92 Å². The van der Waals surface area contributed by atoms with Gasteiger partial charge in [-0.1, -0.05) is 6.92 Å². The maximum absolute atomic E-state index is 6.40. The van der Waals surface area contributed by atoms with Gasteiger partial charge >= 0.3 is 0 Å². The van der Waals surface area contributed by atoms with Crippen LogP contribution in [0.4, 0.5) is 0 Å². The lowest BCUT2D eigenvalue weighted by molar-refractivity contribution is -0.0897. The Bertz CT molecular complexity index is 326. The van der Waals surface area contributed by atoms with Gasteiger partial charge in [0.05, 0.1) is 24.2 Å². The van der Waals surface area contributed by atoms with Crippen LogP contribution in [0.5, 0.6) is 0 Å². The van der Waals surface area contributed by atoms with Crippen LogP contribution in [0, 0.1) is 5.92 Å². The zero-order valence-electron chi connectivity index (χ0n) is 10.8. The lowest BCUT2D eigenvalue weighted by atomic mass is 9.74. The van der Waals surface area contributed by atoms with Crippen LogP contribution in [-0.4, -0.2) is 12.2 Å². The molecule has 0 saturated heterocycles. The molecule has 1 fully saturated rings. The molecule has 3 heteroatoms. The lowest BCUT2D eigenvalue weighted by Crippen LogP contribution is -2.46. The molecule has 1 aliphatic carbocycles. The Hall–Kier alpha value is -0.800. The average molecular weight is 237 g/mol. The first kappa shape index (κ1) is 12.7. The van der Waals surface area contributed by atoms with Crippen molar-refractivity contribution in [2.45, 2.75) is 51.2 Å². The second kappa shape index (κ2) is 5.23. The van der Waals surface area contributed by atoms with Gasteiger partial charge in [-0.25, -0.2) is 0 Å². The van der Waals surface area contributed by atoms with Crippen molar-refractivity contribution in [2.75, 3.05) is 6.61 Å². The molecule has 0 amide bonds. The van der Waals surface area contributed by atoms with Crippen LogP contribution in [0.1, 0.15) is 51.1 Å². The summed E-state index contributed by atoms with van der Waals surface area (Å²) in [6, 6.07) is 1.87. The molecule has 1 aromatic rings. The van der Waals surface area contributed by atoms with E-state index in [1.54, 1.807) is 12.5 Å². The number of rotatable bonds is 4. The van der Waals surface area contributed by atoms with E-state index in [-0.39, 0.29) is 11.6 Å². The van der Waals surface area contributed by atoms with Crippen molar-refractivity contribution in [3.63, 3.8) is 0 Å². The highest BCUT2D eigenvalue weighted by molar-refractivity contribution is 5.17. The van der Waals surface area contributed by atoms with Crippen molar-refractivity contribution in [1.82, 2.24) is 0 Å². The number of furan rings is 1. The van der Waals surface area contributed by atoms with E-state index in [0.29, 0.717) is 0 Å². The highest BCUT2D eigenvalue weighted by atomic mass is 16.5. The van der Waals surface area contributed by atoms with Gasteiger partial charge in [0.25, 0.3) is 0 Å². The van der Waals surface area contributed by atoms with Gasteiger partial charge in [0, 0.05) is 12.2 Å². The van der Waals surface area contributed by atoms with Gasteiger partial charge < -0.3 is 14.9 Å². The molecule has 17 heavy (non-hydrogen) atoms. The largest absolute Gasteiger partial charge is 0.472 e. The normalized spacial score (nSPS) is 31.4. The van der Waals surface area contributed by atoms with Gasteiger partial charge in [0.1, 0.15) is 0 Å². The fourth-order valence-corrected chi connectivity index (χ4v) is 2.84. The number of ether oxygens (including phenoxy) is 1. The molecule has 2 rings (SSSR count). The molecule has 0 aliphatic heterocycles. The first-order valence-corrected chi connectivity index (χ1v) is 6.59. The Balaban J connectivity index is 2.16. The maximum Gasteiger partial charge on any atom is 0.0951 e. The fraction of sp³-hybridized carbons (Fsp3) is 0.714. The molecule has 3 nitrogen and oxygen atoms in total. The van der Waals surface area contributed by atoms with Crippen LogP contribution in [0.25, 0.3) is 0 Å². The van der Waals surface area contributed by atoms with Gasteiger partial charge in [0.2, 0.25) is 0 Å². The topological polar surface area (TPSA) is 48.4 Å². The average Bonchev–Trinajstić information content (AvgIpc) is 2.85. The zero-order valence-corrected chi connectivity index (χ0v) is 10.8. The molecular formula is C14H23NO2. The van der Waals surface area contributed by atoms with E-state index in [0.717, 1.165) is 30.9 Å². The molecule has 1 atom stereocenters. The van der Waals surface area contributed by atoms with Crippen LogP contribution in [0.15, 0.2) is 23.0 Å². The summed E-state index contributed by atoms with van der Waals surface area (Å²) in [7, 11) is 0. The second-order valence-corrected chi connectivity index (χ2v) is 5.21. The number of hydrogen-bond acceptors (Lipinski definition) is 3. The van der Waals surface area contributed by atoms with Crippen LogP contribution in [0.2, 0.25) is 0 Å². The van der Waals surface area contributed by atoms with Crippen molar-refractivity contribution in [3.8, 4) is 0 Å². The summed E-state index contributed by atoms with van der Waals surface area (Å²) in [5.74, 6) is 0.792. The predicted molar refractivity (Wildman–Crippen MR) is 67.6 cm³/mol. The van der Waals surface area contributed by atoms with Gasteiger partial charge in [-0.3, -0.25) is 0 Å². The standard InChI is InChI=1S/C14H23NO2/c1-3-17-14(7-4-11(2)5-8-14)13(15)12-6-9-16-10-12/h6,9-11,13H,3-5,7-8,15H2,1-2H3. The monoisotopic (exact) mass is 237 g/mol. The number of nitrogens with two attached hydrogens (primary N) is 1. The van der Waals surface area contributed by atoms with Crippen molar-refractivity contribution in [2.24, 2.45) is 11.7 Å². The minimum atomic E-state index is -0.189. The van der Waals surface area contributed by atoms with Gasteiger partial charge in [-0.05, 0) is 44.6 Å². The molecule has 1 saturated carbocycles. The Kier molecular flexibility index (Phi) is 3.89. The van der Waals surface area contributed by atoms with E-state index in [1.165, 1.54) is 12.8 Å². The molecule has 0 radical (unpaired) electrons. The summed E-state index contributed by atoms with van der Waals surface area (Å²) in [5.41, 5.74) is 7.26. The maximum atomic E-state index is 6.40.